The van der Waals surface area contributed by atoms with E-state index in [0.717, 1.165) is 62.1 Å². The normalized spacial score (nSPS) is 13.7. The molecule has 0 bridgehead atoms. The van der Waals surface area contributed by atoms with Crippen LogP contribution in [0.5, 0.6) is 23.0 Å². The predicted molar refractivity (Wildman–Crippen MR) is 149 cm³/mol. The van der Waals surface area contributed by atoms with Gasteiger partial charge in [-0.15, -0.1) is 0 Å². The molecule has 4 aromatic carbocycles. The molecule has 1 spiro atoms. The Balaban J connectivity index is 1.46. The van der Waals surface area contributed by atoms with Crippen LogP contribution in [0.3, 0.4) is 0 Å². The molecule has 5 heteroatoms. The third-order valence-corrected chi connectivity index (χ3v) is 7.58. The molecule has 5 nitrogen and oxygen atoms in total. The highest BCUT2D eigenvalue weighted by Gasteiger charge is 2.50. The topological polar surface area (TPSA) is 57.1 Å². The number of hydrogen-bond acceptors (Lipinski definition) is 5. The van der Waals surface area contributed by atoms with Crippen molar-refractivity contribution in [2.75, 3.05) is 0 Å². The van der Waals surface area contributed by atoms with Gasteiger partial charge < -0.3 is 9.47 Å². The molecular weight excluding hydrogens is 482 g/mol. The van der Waals surface area contributed by atoms with Gasteiger partial charge in [0.1, 0.15) is 23.0 Å². The molecular formula is C34H21N3O2. The average molecular weight is 504 g/mol. The maximum absolute atomic E-state index is 6.74. The molecule has 0 fully saturated rings. The van der Waals surface area contributed by atoms with Gasteiger partial charge >= 0.3 is 0 Å². The summed E-state index contributed by atoms with van der Waals surface area (Å²) in [5, 5.41) is 0. The Morgan fingerprint density at radius 1 is 0.436 bits per heavy atom. The summed E-state index contributed by atoms with van der Waals surface area (Å²) in [5.74, 6) is 3.86. The van der Waals surface area contributed by atoms with Crippen molar-refractivity contribution in [2.24, 2.45) is 0 Å². The first-order valence-electron chi connectivity index (χ1n) is 12.8. The number of fused-ring (bicyclic) bond motifs is 8. The number of pyridine rings is 1. The van der Waals surface area contributed by atoms with Crippen LogP contribution in [0.4, 0.5) is 0 Å². The lowest BCUT2D eigenvalue weighted by Gasteiger charge is -2.45. The van der Waals surface area contributed by atoms with Crippen LogP contribution >= 0.6 is 0 Å². The summed E-state index contributed by atoms with van der Waals surface area (Å²) in [7, 11) is 0. The smallest absolute Gasteiger partial charge is 0.159 e. The van der Waals surface area contributed by atoms with E-state index in [0.29, 0.717) is 5.82 Å². The number of ether oxygens (including phenoxy) is 2. The summed E-state index contributed by atoms with van der Waals surface area (Å²) in [5.41, 5.74) is 6.37. The van der Waals surface area contributed by atoms with Gasteiger partial charge in [-0.1, -0.05) is 66.7 Å². The second-order valence-corrected chi connectivity index (χ2v) is 9.66. The van der Waals surface area contributed by atoms with E-state index >= 15 is 0 Å². The van der Waals surface area contributed by atoms with E-state index in [9.17, 15) is 0 Å². The molecule has 0 saturated carbocycles. The van der Waals surface area contributed by atoms with E-state index in [4.69, 9.17) is 9.47 Å². The molecule has 2 aromatic heterocycles. The molecule has 0 atom stereocenters. The number of para-hydroxylation sites is 2. The predicted octanol–water partition coefficient (Wildman–Crippen LogP) is 7.80. The van der Waals surface area contributed by atoms with Crippen molar-refractivity contribution >= 4 is 0 Å². The molecule has 0 N–H and O–H groups in total. The first kappa shape index (κ1) is 21.8. The van der Waals surface area contributed by atoms with E-state index < -0.39 is 5.41 Å². The quantitative estimate of drug-likeness (QED) is 0.241. The van der Waals surface area contributed by atoms with E-state index in [2.05, 4.69) is 69.5 Å². The lowest BCUT2D eigenvalue weighted by Crippen LogP contribution is -2.36. The van der Waals surface area contributed by atoms with Crippen LogP contribution in [0.15, 0.2) is 128 Å². The number of aromatic nitrogens is 3. The monoisotopic (exact) mass is 503 g/mol. The van der Waals surface area contributed by atoms with Crippen LogP contribution in [0, 0.1) is 0 Å². The van der Waals surface area contributed by atoms with Crippen molar-refractivity contribution in [1.82, 2.24) is 15.0 Å². The fraction of sp³-hybridized carbons (Fsp3) is 0.0294. The Kier molecular flexibility index (Phi) is 4.67. The molecule has 0 radical (unpaired) electrons. The van der Waals surface area contributed by atoms with Crippen LogP contribution in [0.25, 0.3) is 22.6 Å². The number of hydrogen-bond donors (Lipinski definition) is 0. The summed E-state index contributed by atoms with van der Waals surface area (Å²) in [6.45, 7) is 0. The van der Waals surface area contributed by atoms with Gasteiger partial charge in [0.2, 0.25) is 0 Å². The first-order valence-corrected chi connectivity index (χ1v) is 12.8. The van der Waals surface area contributed by atoms with E-state index in [1.54, 1.807) is 12.4 Å². The maximum Gasteiger partial charge on any atom is 0.159 e. The Bertz CT molecular complexity index is 1730. The van der Waals surface area contributed by atoms with Crippen molar-refractivity contribution < 1.29 is 9.47 Å². The minimum absolute atomic E-state index is 0.646. The molecule has 8 rings (SSSR count). The fourth-order valence-corrected chi connectivity index (χ4v) is 5.95. The van der Waals surface area contributed by atoms with Crippen LogP contribution in [0.1, 0.15) is 22.3 Å². The first-order chi connectivity index (χ1) is 19.3. The Hall–Kier alpha value is -5.29. The molecule has 2 aliphatic rings. The Morgan fingerprint density at radius 2 is 0.974 bits per heavy atom. The zero-order chi connectivity index (χ0) is 25.8. The number of rotatable bonds is 2. The van der Waals surface area contributed by atoms with Crippen molar-refractivity contribution in [3.8, 4) is 45.6 Å². The zero-order valence-electron chi connectivity index (χ0n) is 20.8. The van der Waals surface area contributed by atoms with Crippen molar-refractivity contribution in [2.45, 2.75) is 5.41 Å². The third-order valence-electron chi connectivity index (χ3n) is 7.58. The summed E-state index contributed by atoms with van der Waals surface area (Å²) < 4.78 is 13.2. The van der Waals surface area contributed by atoms with Gasteiger partial charge in [0.25, 0.3) is 0 Å². The lowest BCUT2D eigenvalue weighted by molar-refractivity contribution is 0.399. The molecule has 2 aliphatic heterocycles. The van der Waals surface area contributed by atoms with Gasteiger partial charge in [-0.25, -0.2) is 9.97 Å². The van der Waals surface area contributed by atoms with Crippen molar-refractivity contribution in [3.05, 3.63) is 150 Å². The third kappa shape index (κ3) is 3.17. The number of nitrogens with zero attached hydrogens (tertiary/aromatic N) is 3. The molecule has 4 heterocycles. The minimum atomic E-state index is -0.646. The number of benzene rings is 4. The van der Waals surface area contributed by atoms with E-state index in [1.165, 1.54) is 0 Å². The molecule has 39 heavy (non-hydrogen) atoms. The molecule has 0 unspecified atom stereocenters. The lowest BCUT2D eigenvalue weighted by atomic mass is 9.62. The van der Waals surface area contributed by atoms with Crippen LogP contribution in [-0.4, -0.2) is 15.0 Å². The van der Waals surface area contributed by atoms with Crippen molar-refractivity contribution in [1.29, 1.82) is 0 Å². The van der Waals surface area contributed by atoms with Crippen LogP contribution < -0.4 is 9.47 Å². The summed E-state index contributed by atoms with van der Waals surface area (Å²) in [6, 6.07) is 37.0. The highest BCUT2D eigenvalue weighted by molar-refractivity contribution is 5.78. The summed E-state index contributed by atoms with van der Waals surface area (Å²) >= 11 is 0. The fourth-order valence-electron chi connectivity index (χ4n) is 5.95. The standard InChI is InChI=1S/C34H21N3O2/c1-3-11-29-24(8-1)34(25-9-2-4-12-30(25)38-29)26-15-13-22(28-10-5-6-17-35-28)20-31(26)39-32-21-23(14-16-27(32)34)33-36-18-7-19-37-33/h1-21H. The highest BCUT2D eigenvalue weighted by Crippen LogP contribution is 2.61. The largest absolute Gasteiger partial charge is 0.457 e. The second-order valence-electron chi connectivity index (χ2n) is 9.66. The van der Waals surface area contributed by atoms with E-state index in [1.807, 2.05) is 60.8 Å². The average Bonchev–Trinajstić information content (AvgIpc) is 3.01. The highest BCUT2D eigenvalue weighted by atomic mass is 16.5. The van der Waals surface area contributed by atoms with Crippen LogP contribution in [0.2, 0.25) is 0 Å². The second kappa shape index (κ2) is 8.36. The molecule has 0 saturated heterocycles. The Labute approximate surface area is 225 Å². The van der Waals surface area contributed by atoms with Gasteiger partial charge in [-0.2, -0.15) is 0 Å². The van der Waals surface area contributed by atoms with Gasteiger partial charge in [0, 0.05) is 52.0 Å². The maximum atomic E-state index is 6.74. The van der Waals surface area contributed by atoms with Crippen molar-refractivity contribution in [3.63, 3.8) is 0 Å². The SMILES string of the molecule is c1ccc(-c2ccc3c(c2)Oc2cc(-c4ncccn4)ccc2C32c3ccccc3Oc3ccccc32)nc1. The van der Waals surface area contributed by atoms with Gasteiger partial charge in [-0.3, -0.25) is 4.98 Å². The molecule has 184 valence electrons. The van der Waals surface area contributed by atoms with E-state index in [-0.39, 0.29) is 0 Å². The molecule has 6 aromatic rings. The van der Waals surface area contributed by atoms with Gasteiger partial charge in [0.15, 0.2) is 5.82 Å². The van der Waals surface area contributed by atoms with Gasteiger partial charge in [0.05, 0.1) is 11.1 Å². The zero-order valence-corrected chi connectivity index (χ0v) is 20.8. The summed E-state index contributed by atoms with van der Waals surface area (Å²) in [4.78, 5) is 13.5. The van der Waals surface area contributed by atoms with Crippen LogP contribution in [-0.2, 0) is 5.41 Å². The van der Waals surface area contributed by atoms with Gasteiger partial charge in [-0.05, 0) is 42.5 Å². The summed E-state index contributed by atoms with van der Waals surface area (Å²) in [6.07, 6.45) is 5.32. The minimum Gasteiger partial charge on any atom is -0.457 e. The molecule has 0 amide bonds. The molecule has 0 aliphatic carbocycles. The Morgan fingerprint density at radius 3 is 1.64 bits per heavy atom.